The summed E-state index contributed by atoms with van der Waals surface area (Å²) in [6.07, 6.45) is 2.19. The maximum atomic E-state index is 11.6. The lowest BCUT2D eigenvalue weighted by atomic mass is 10.0. The molecule has 0 aliphatic carbocycles. The van der Waals surface area contributed by atoms with Gasteiger partial charge in [0.15, 0.2) is 0 Å². The number of piperidine rings is 1. The molecule has 1 fully saturated rings. The normalized spacial score (nSPS) is 21.2. The van der Waals surface area contributed by atoms with Gasteiger partial charge in [0.1, 0.15) is 5.01 Å². The molecule has 0 amide bonds. The molecular formula is C9H17N5O2S2. The summed E-state index contributed by atoms with van der Waals surface area (Å²) >= 11 is 1.30. The molecule has 2 heterocycles. The van der Waals surface area contributed by atoms with Gasteiger partial charge >= 0.3 is 10.2 Å². The first kappa shape index (κ1) is 13.7. The Morgan fingerprint density at radius 1 is 1.44 bits per heavy atom. The van der Waals surface area contributed by atoms with E-state index >= 15 is 0 Å². The first-order valence-electron chi connectivity index (χ1n) is 5.73. The van der Waals surface area contributed by atoms with Gasteiger partial charge in [0.25, 0.3) is 0 Å². The maximum absolute atomic E-state index is 11.6. The van der Waals surface area contributed by atoms with Crippen molar-refractivity contribution in [1.29, 1.82) is 0 Å². The van der Waals surface area contributed by atoms with E-state index in [1.807, 2.05) is 0 Å². The Balaban J connectivity index is 2.06. The number of nitrogens with one attached hydrogen (secondary N) is 2. The third kappa shape index (κ3) is 3.16. The molecule has 0 aromatic carbocycles. The summed E-state index contributed by atoms with van der Waals surface area (Å²) in [5, 5.41) is 12.5. The fourth-order valence-electron chi connectivity index (χ4n) is 1.71. The van der Waals surface area contributed by atoms with Crippen LogP contribution in [0.5, 0.6) is 0 Å². The molecule has 0 radical (unpaired) electrons. The second kappa shape index (κ2) is 5.47. The molecule has 9 heteroatoms. The van der Waals surface area contributed by atoms with Gasteiger partial charge in [-0.1, -0.05) is 11.3 Å². The van der Waals surface area contributed by atoms with Crippen LogP contribution in [0, 0.1) is 0 Å². The first-order valence-corrected chi connectivity index (χ1v) is 7.99. The highest BCUT2D eigenvalue weighted by Crippen LogP contribution is 2.28. The number of anilines is 1. The van der Waals surface area contributed by atoms with Crippen LogP contribution in [0.1, 0.15) is 23.8 Å². The molecule has 0 bridgehead atoms. The smallest absolute Gasteiger partial charge is 0.302 e. The fraction of sp³-hybridized carbons (Fsp3) is 0.778. The fourth-order valence-corrected chi connectivity index (χ4v) is 3.36. The molecule has 1 aromatic heterocycles. The molecule has 1 unspecified atom stereocenters. The van der Waals surface area contributed by atoms with Crippen molar-refractivity contribution < 1.29 is 8.42 Å². The van der Waals surface area contributed by atoms with Crippen molar-refractivity contribution in [1.82, 2.24) is 19.8 Å². The second-order valence-corrected chi connectivity index (χ2v) is 7.27. The zero-order valence-corrected chi connectivity index (χ0v) is 12.0. The van der Waals surface area contributed by atoms with Crippen molar-refractivity contribution in [3.8, 4) is 0 Å². The van der Waals surface area contributed by atoms with Crippen LogP contribution < -0.4 is 10.0 Å². The molecule has 0 saturated carbocycles. The third-order valence-electron chi connectivity index (χ3n) is 2.78. The van der Waals surface area contributed by atoms with Crippen LogP contribution in [0.3, 0.4) is 0 Å². The van der Waals surface area contributed by atoms with E-state index in [2.05, 4.69) is 20.2 Å². The molecule has 7 nitrogen and oxygen atoms in total. The minimum Gasteiger partial charge on any atom is -0.316 e. The molecule has 2 N–H and O–H groups in total. The van der Waals surface area contributed by atoms with E-state index in [1.165, 1.54) is 25.4 Å². The van der Waals surface area contributed by atoms with E-state index in [-0.39, 0.29) is 0 Å². The summed E-state index contributed by atoms with van der Waals surface area (Å²) in [5.41, 5.74) is 0. The molecule has 2 rings (SSSR count). The number of rotatable bonds is 4. The Kier molecular flexibility index (Phi) is 4.15. The van der Waals surface area contributed by atoms with Gasteiger partial charge in [-0.25, -0.2) is 4.72 Å². The highest BCUT2D eigenvalue weighted by Gasteiger charge is 2.21. The molecule has 1 aromatic rings. The van der Waals surface area contributed by atoms with E-state index in [1.54, 1.807) is 0 Å². The first-order chi connectivity index (χ1) is 8.49. The average Bonchev–Trinajstić information content (AvgIpc) is 2.78. The van der Waals surface area contributed by atoms with Gasteiger partial charge in [-0.15, -0.1) is 10.2 Å². The summed E-state index contributed by atoms with van der Waals surface area (Å²) in [5.74, 6) is 0.342. The van der Waals surface area contributed by atoms with Crippen LogP contribution >= 0.6 is 11.3 Å². The van der Waals surface area contributed by atoms with Gasteiger partial charge in [0.2, 0.25) is 5.13 Å². The maximum Gasteiger partial charge on any atom is 0.302 e. The van der Waals surface area contributed by atoms with Crippen LogP contribution in [0.2, 0.25) is 0 Å². The van der Waals surface area contributed by atoms with Gasteiger partial charge in [0.05, 0.1) is 0 Å². The molecule has 0 spiro atoms. The lowest BCUT2D eigenvalue weighted by Crippen LogP contribution is -2.28. The summed E-state index contributed by atoms with van der Waals surface area (Å²) < 4.78 is 26.8. The van der Waals surface area contributed by atoms with Crippen molar-refractivity contribution in [3.05, 3.63) is 5.01 Å². The Hall–Kier alpha value is -0.770. The number of nitrogens with zero attached hydrogens (tertiary/aromatic N) is 3. The lowest BCUT2D eigenvalue weighted by Gasteiger charge is -2.19. The highest BCUT2D eigenvalue weighted by molar-refractivity contribution is 7.90. The molecule has 18 heavy (non-hydrogen) atoms. The standard InChI is InChI=1S/C9H17N5O2S2/c1-14(2)18(15,16)13-9-12-11-8(17-9)7-4-3-5-10-6-7/h7,10H,3-6H2,1-2H3,(H,12,13). The third-order valence-corrected chi connectivity index (χ3v) is 5.33. The molecule has 1 aliphatic rings. The Morgan fingerprint density at radius 2 is 2.22 bits per heavy atom. The zero-order valence-electron chi connectivity index (χ0n) is 10.4. The summed E-state index contributed by atoms with van der Waals surface area (Å²) in [7, 11) is -0.558. The predicted octanol–water partition coefficient (Wildman–Crippen LogP) is 0.223. The molecular weight excluding hydrogens is 274 g/mol. The quantitative estimate of drug-likeness (QED) is 0.829. The van der Waals surface area contributed by atoms with E-state index in [9.17, 15) is 8.42 Å². The van der Waals surface area contributed by atoms with Crippen LogP contribution in [0.25, 0.3) is 0 Å². The molecule has 1 saturated heterocycles. The molecule has 1 aliphatic heterocycles. The van der Waals surface area contributed by atoms with Gasteiger partial charge < -0.3 is 5.32 Å². The Morgan fingerprint density at radius 3 is 2.83 bits per heavy atom. The SMILES string of the molecule is CN(C)S(=O)(=O)Nc1nnc(C2CCCNC2)s1. The molecule has 1 atom stereocenters. The minimum atomic E-state index is -3.49. The van der Waals surface area contributed by atoms with Crippen molar-refractivity contribution in [2.75, 3.05) is 31.9 Å². The van der Waals surface area contributed by atoms with E-state index < -0.39 is 10.2 Å². The van der Waals surface area contributed by atoms with Gasteiger partial charge in [-0.05, 0) is 19.4 Å². The van der Waals surface area contributed by atoms with Crippen molar-refractivity contribution in [3.63, 3.8) is 0 Å². The highest BCUT2D eigenvalue weighted by atomic mass is 32.2. The zero-order chi connectivity index (χ0) is 13.2. The van der Waals surface area contributed by atoms with Gasteiger partial charge in [0, 0.05) is 26.6 Å². The van der Waals surface area contributed by atoms with E-state index in [4.69, 9.17) is 0 Å². The van der Waals surface area contributed by atoms with E-state index in [0.29, 0.717) is 11.0 Å². The molecule has 102 valence electrons. The summed E-state index contributed by atoms with van der Waals surface area (Å²) in [6.45, 7) is 1.92. The summed E-state index contributed by atoms with van der Waals surface area (Å²) in [4.78, 5) is 0. The van der Waals surface area contributed by atoms with E-state index in [0.717, 1.165) is 35.2 Å². The summed E-state index contributed by atoms with van der Waals surface area (Å²) in [6, 6.07) is 0. The van der Waals surface area contributed by atoms with Gasteiger partial charge in [-0.3, -0.25) is 0 Å². The Labute approximate surface area is 111 Å². The average molecular weight is 291 g/mol. The Bertz CT molecular complexity index is 493. The van der Waals surface area contributed by atoms with Gasteiger partial charge in [-0.2, -0.15) is 12.7 Å². The minimum absolute atomic E-state index is 0.323. The van der Waals surface area contributed by atoms with Crippen LogP contribution in [0.15, 0.2) is 0 Å². The van der Waals surface area contributed by atoms with Crippen molar-refractivity contribution >= 4 is 26.7 Å². The van der Waals surface area contributed by atoms with Crippen LogP contribution in [0.4, 0.5) is 5.13 Å². The van der Waals surface area contributed by atoms with Crippen molar-refractivity contribution in [2.24, 2.45) is 0 Å². The van der Waals surface area contributed by atoms with Crippen LogP contribution in [-0.4, -0.2) is 50.1 Å². The predicted molar refractivity (Wildman–Crippen MR) is 71.0 cm³/mol. The lowest BCUT2D eigenvalue weighted by molar-refractivity contribution is 0.458. The number of aromatic nitrogens is 2. The number of hydrogen-bond donors (Lipinski definition) is 2. The largest absolute Gasteiger partial charge is 0.316 e. The van der Waals surface area contributed by atoms with Crippen LogP contribution in [-0.2, 0) is 10.2 Å². The number of hydrogen-bond acceptors (Lipinski definition) is 6. The topological polar surface area (TPSA) is 87.2 Å². The second-order valence-electron chi connectivity index (χ2n) is 4.38. The monoisotopic (exact) mass is 291 g/mol. The van der Waals surface area contributed by atoms with Crippen molar-refractivity contribution in [2.45, 2.75) is 18.8 Å².